The number of anilines is 1. The van der Waals surface area contributed by atoms with Crippen LogP contribution in [0.4, 0.5) is 5.69 Å². The molecule has 0 radical (unpaired) electrons. The van der Waals surface area contributed by atoms with Gasteiger partial charge in [-0.25, -0.2) is 8.42 Å². The van der Waals surface area contributed by atoms with Gasteiger partial charge in [0.15, 0.2) is 0 Å². The maximum absolute atomic E-state index is 13.6. The van der Waals surface area contributed by atoms with Crippen molar-refractivity contribution < 1.29 is 18.0 Å². The Bertz CT molecular complexity index is 1150. The Balaban J connectivity index is 2.37. The van der Waals surface area contributed by atoms with Crippen LogP contribution in [-0.4, -0.2) is 50.5 Å². The van der Waals surface area contributed by atoms with Gasteiger partial charge in [-0.1, -0.05) is 68.6 Å². The van der Waals surface area contributed by atoms with Crippen molar-refractivity contribution in [2.45, 2.75) is 59.0 Å². The van der Waals surface area contributed by atoms with Gasteiger partial charge in [0, 0.05) is 13.1 Å². The van der Waals surface area contributed by atoms with Crippen LogP contribution in [0.1, 0.15) is 57.6 Å². The summed E-state index contributed by atoms with van der Waals surface area (Å²) in [4.78, 5) is 27.8. The first kappa shape index (κ1) is 29.9. The summed E-state index contributed by atoms with van der Waals surface area (Å²) in [6, 6.07) is 11.2. The Labute approximate surface area is 224 Å². The predicted octanol–water partition coefficient (Wildman–Crippen LogP) is 5.22. The molecule has 0 spiro atoms. The number of nitrogens with zero attached hydrogens (tertiary/aromatic N) is 2. The summed E-state index contributed by atoms with van der Waals surface area (Å²) in [7, 11) is -3.78. The molecule has 0 aromatic heterocycles. The molecule has 0 saturated heterocycles. The lowest BCUT2D eigenvalue weighted by Gasteiger charge is -2.31. The van der Waals surface area contributed by atoms with Crippen LogP contribution in [-0.2, 0) is 26.2 Å². The molecule has 0 bridgehead atoms. The van der Waals surface area contributed by atoms with Gasteiger partial charge in [-0.2, -0.15) is 0 Å². The van der Waals surface area contributed by atoms with E-state index >= 15 is 0 Å². The van der Waals surface area contributed by atoms with Gasteiger partial charge in [0.1, 0.15) is 12.6 Å². The molecule has 0 unspecified atom stereocenters. The first-order valence-electron chi connectivity index (χ1n) is 11.9. The summed E-state index contributed by atoms with van der Waals surface area (Å²) in [6.07, 6.45) is 2.79. The van der Waals surface area contributed by atoms with E-state index in [0.29, 0.717) is 27.8 Å². The van der Waals surface area contributed by atoms with E-state index in [4.69, 9.17) is 23.2 Å². The SMILES string of the molecule is CCCCNC(=O)[C@H](C)N(Cc1ccc(Cl)c(Cl)c1)C(=O)CN(c1ccc(C(C)C)cc1)S(C)(=O)=O. The number of nitrogens with one attached hydrogen (secondary N) is 1. The predicted molar refractivity (Wildman–Crippen MR) is 147 cm³/mol. The van der Waals surface area contributed by atoms with Crippen molar-refractivity contribution in [1.82, 2.24) is 10.2 Å². The molecule has 7 nitrogen and oxygen atoms in total. The van der Waals surface area contributed by atoms with Gasteiger partial charge in [0.25, 0.3) is 0 Å². The second-order valence-corrected chi connectivity index (χ2v) is 11.8. The van der Waals surface area contributed by atoms with E-state index in [-0.39, 0.29) is 18.4 Å². The minimum absolute atomic E-state index is 0.0575. The van der Waals surface area contributed by atoms with E-state index < -0.39 is 28.5 Å². The topological polar surface area (TPSA) is 86.8 Å². The summed E-state index contributed by atoms with van der Waals surface area (Å²) >= 11 is 12.2. The Morgan fingerprint density at radius 2 is 1.64 bits per heavy atom. The first-order chi connectivity index (χ1) is 16.8. The highest BCUT2D eigenvalue weighted by Crippen LogP contribution is 2.25. The van der Waals surface area contributed by atoms with Crippen molar-refractivity contribution in [3.05, 3.63) is 63.6 Å². The highest BCUT2D eigenvalue weighted by Gasteiger charge is 2.30. The maximum atomic E-state index is 13.6. The summed E-state index contributed by atoms with van der Waals surface area (Å²) in [5.41, 5.74) is 2.10. The molecule has 0 heterocycles. The largest absolute Gasteiger partial charge is 0.354 e. The molecule has 2 amide bonds. The molecular weight excluding hydrogens is 521 g/mol. The molecule has 1 N–H and O–H groups in total. The maximum Gasteiger partial charge on any atom is 0.244 e. The van der Waals surface area contributed by atoms with Crippen LogP contribution in [0, 0.1) is 0 Å². The van der Waals surface area contributed by atoms with Gasteiger partial charge in [-0.05, 0) is 54.7 Å². The number of benzene rings is 2. The van der Waals surface area contributed by atoms with Gasteiger partial charge in [-0.3, -0.25) is 13.9 Å². The highest BCUT2D eigenvalue weighted by molar-refractivity contribution is 7.92. The second-order valence-electron chi connectivity index (χ2n) is 9.11. The van der Waals surface area contributed by atoms with Gasteiger partial charge < -0.3 is 10.2 Å². The van der Waals surface area contributed by atoms with Crippen molar-refractivity contribution in [3.8, 4) is 0 Å². The zero-order valence-corrected chi connectivity index (χ0v) is 23.8. The van der Waals surface area contributed by atoms with E-state index in [1.54, 1.807) is 37.3 Å². The molecule has 2 aromatic carbocycles. The number of hydrogen-bond donors (Lipinski definition) is 1. The minimum Gasteiger partial charge on any atom is -0.354 e. The van der Waals surface area contributed by atoms with Crippen molar-refractivity contribution >= 4 is 50.7 Å². The fourth-order valence-corrected chi connectivity index (χ4v) is 4.76. The normalized spacial score (nSPS) is 12.3. The molecule has 1 atom stereocenters. The minimum atomic E-state index is -3.78. The van der Waals surface area contributed by atoms with Crippen LogP contribution in [0.3, 0.4) is 0 Å². The molecule has 0 fully saturated rings. The summed E-state index contributed by atoms with van der Waals surface area (Å²) < 4.78 is 26.4. The third kappa shape index (κ3) is 8.39. The number of hydrogen-bond acceptors (Lipinski definition) is 4. The molecule has 36 heavy (non-hydrogen) atoms. The van der Waals surface area contributed by atoms with E-state index in [1.807, 2.05) is 32.9 Å². The average molecular weight is 557 g/mol. The Morgan fingerprint density at radius 1 is 1.00 bits per heavy atom. The van der Waals surface area contributed by atoms with E-state index in [2.05, 4.69) is 5.32 Å². The van der Waals surface area contributed by atoms with Crippen LogP contribution in [0.2, 0.25) is 10.0 Å². The number of sulfonamides is 1. The lowest BCUT2D eigenvalue weighted by Crippen LogP contribution is -2.51. The van der Waals surface area contributed by atoms with E-state index in [9.17, 15) is 18.0 Å². The van der Waals surface area contributed by atoms with Crippen LogP contribution in [0.15, 0.2) is 42.5 Å². The van der Waals surface area contributed by atoms with Gasteiger partial charge in [-0.15, -0.1) is 0 Å². The molecule has 0 aliphatic carbocycles. The molecule has 2 rings (SSSR count). The van der Waals surface area contributed by atoms with Crippen LogP contribution in [0.25, 0.3) is 0 Å². The Hall–Kier alpha value is -2.29. The van der Waals surface area contributed by atoms with Crippen LogP contribution < -0.4 is 9.62 Å². The fraction of sp³-hybridized carbons (Fsp3) is 0.462. The Morgan fingerprint density at radius 3 is 2.17 bits per heavy atom. The van der Waals surface area contributed by atoms with E-state index in [0.717, 1.165) is 29.0 Å². The number of halogens is 2. The smallest absolute Gasteiger partial charge is 0.244 e. The number of rotatable bonds is 12. The molecule has 10 heteroatoms. The lowest BCUT2D eigenvalue weighted by molar-refractivity contribution is -0.139. The monoisotopic (exact) mass is 555 g/mol. The van der Waals surface area contributed by atoms with Gasteiger partial charge >= 0.3 is 0 Å². The Kier molecular flexibility index (Phi) is 11.1. The van der Waals surface area contributed by atoms with E-state index in [1.165, 1.54) is 4.90 Å². The van der Waals surface area contributed by atoms with Gasteiger partial charge in [0.2, 0.25) is 21.8 Å². The molecule has 0 aliphatic rings. The first-order valence-corrected chi connectivity index (χ1v) is 14.5. The van der Waals surface area contributed by atoms with Crippen molar-refractivity contribution in [2.75, 3.05) is 23.7 Å². The number of amides is 2. The molecular formula is C26H35Cl2N3O4S. The molecule has 198 valence electrons. The highest BCUT2D eigenvalue weighted by atomic mass is 35.5. The quantitative estimate of drug-likeness (QED) is 0.364. The fourth-order valence-electron chi connectivity index (χ4n) is 3.59. The molecule has 0 aliphatic heterocycles. The number of carbonyl (C=O) groups excluding carboxylic acids is 2. The summed E-state index contributed by atoms with van der Waals surface area (Å²) in [5.74, 6) is -0.553. The number of unbranched alkanes of at least 4 members (excludes halogenated alkanes) is 1. The summed E-state index contributed by atoms with van der Waals surface area (Å²) in [6.45, 7) is 7.82. The summed E-state index contributed by atoms with van der Waals surface area (Å²) in [5, 5.41) is 3.54. The average Bonchev–Trinajstić information content (AvgIpc) is 2.82. The number of carbonyl (C=O) groups is 2. The van der Waals surface area contributed by atoms with Crippen LogP contribution in [0.5, 0.6) is 0 Å². The van der Waals surface area contributed by atoms with Crippen molar-refractivity contribution in [1.29, 1.82) is 0 Å². The van der Waals surface area contributed by atoms with Crippen molar-refractivity contribution in [2.24, 2.45) is 0 Å². The van der Waals surface area contributed by atoms with Crippen LogP contribution >= 0.6 is 23.2 Å². The van der Waals surface area contributed by atoms with Crippen molar-refractivity contribution in [3.63, 3.8) is 0 Å². The van der Waals surface area contributed by atoms with Gasteiger partial charge in [0.05, 0.1) is 22.0 Å². The molecule has 0 saturated carbocycles. The third-order valence-corrected chi connectivity index (χ3v) is 7.74. The second kappa shape index (κ2) is 13.3. The zero-order valence-electron chi connectivity index (χ0n) is 21.4. The lowest BCUT2D eigenvalue weighted by atomic mass is 10.0. The zero-order chi connectivity index (χ0) is 27.0. The standard InChI is InChI=1S/C26H35Cl2N3O4S/c1-6-7-14-29-26(33)19(4)30(16-20-8-13-23(27)24(28)15-20)25(32)17-31(36(5,34)35)22-11-9-21(10-12-22)18(2)3/h8-13,15,18-19H,6-7,14,16-17H2,1-5H3,(H,29,33)/t19-/m0/s1. The molecule has 2 aromatic rings. The third-order valence-electron chi connectivity index (χ3n) is 5.86.